The summed E-state index contributed by atoms with van der Waals surface area (Å²) in [6, 6.07) is 15.9. The molecule has 212 valence electrons. The minimum absolute atomic E-state index is 0.147. The molecule has 1 unspecified atom stereocenters. The van der Waals surface area contributed by atoms with Crippen LogP contribution in [-0.2, 0) is 30.8 Å². The van der Waals surface area contributed by atoms with E-state index in [1.165, 1.54) is 15.6 Å². The fourth-order valence-corrected chi connectivity index (χ4v) is 7.66. The zero-order chi connectivity index (χ0) is 28.1. The van der Waals surface area contributed by atoms with Gasteiger partial charge in [-0.3, -0.25) is 18.8 Å². The third-order valence-corrected chi connectivity index (χ3v) is 10.3. The Labute approximate surface area is 237 Å². The molecule has 0 aliphatic carbocycles. The maximum atomic E-state index is 13.3. The van der Waals surface area contributed by atoms with Gasteiger partial charge in [-0.25, -0.2) is 8.42 Å². The van der Waals surface area contributed by atoms with Gasteiger partial charge in [-0.15, -0.1) is 11.3 Å². The van der Waals surface area contributed by atoms with Gasteiger partial charge in [0.2, 0.25) is 0 Å². The van der Waals surface area contributed by atoms with Crippen molar-refractivity contribution >= 4 is 44.5 Å². The van der Waals surface area contributed by atoms with Crippen LogP contribution in [0.3, 0.4) is 0 Å². The highest BCUT2D eigenvalue weighted by molar-refractivity contribution is 7.94. The molecule has 1 fully saturated rings. The van der Waals surface area contributed by atoms with E-state index in [9.17, 15) is 18.0 Å². The molecule has 0 radical (unpaired) electrons. The molecule has 40 heavy (non-hydrogen) atoms. The summed E-state index contributed by atoms with van der Waals surface area (Å²) in [6.45, 7) is 3.18. The highest BCUT2D eigenvalue weighted by Crippen LogP contribution is 2.35. The van der Waals surface area contributed by atoms with Crippen molar-refractivity contribution < 1.29 is 27.5 Å². The number of hydrogen-bond acceptors (Lipinski definition) is 8. The lowest BCUT2D eigenvalue weighted by Crippen LogP contribution is -2.45. The lowest BCUT2D eigenvalue weighted by atomic mass is 10.0. The molecule has 12 heteroatoms. The first-order valence-corrected chi connectivity index (χ1v) is 15.4. The molecule has 10 nitrogen and oxygen atoms in total. The summed E-state index contributed by atoms with van der Waals surface area (Å²) in [6.07, 6.45) is 1.43. The molecule has 3 heterocycles. The first kappa shape index (κ1) is 28.1. The minimum atomic E-state index is -3.72. The molecule has 2 N–H and O–H groups in total. The molecule has 2 aromatic carbocycles. The molecule has 2 amide bonds. The van der Waals surface area contributed by atoms with Gasteiger partial charge in [-0.1, -0.05) is 24.3 Å². The van der Waals surface area contributed by atoms with E-state index in [0.29, 0.717) is 50.6 Å². The number of methoxy groups -OCH3 is 1. The average molecular weight is 585 g/mol. The Morgan fingerprint density at radius 2 is 1.82 bits per heavy atom. The summed E-state index contributed by atoms with van der Waals surface area (Å²) in [5.74, 6) is -0.855. The maximum Gasteiger partial charge on any atom is 0.313 e. The number of hydrogen-bond donors (Lipinski definition) is 2. The van der Waals surface area contributed by atoms with Crippen LogP contribution in [0.5, 0.6) is 5.75 Å². The van der Waals surface area contributed by atoms with Crippen LogP contribution in [0.15, 0.2) is 64.2 Å². The van der Waals surface area contributed by atoms with Crippen LogP contribution in [0.25, 0.3) is 0 Å². The van der Waals surface area contributed by atoms with Crippen molar-refractivity contribution in [3.8, 4) is 5.75 Å². The van der Waals surface area contributed by atoms with Gasteiger partial charge in [-0.2, -0.15) is 0 Å². The van der Waals surface area contributed by atoms with E-state index in [2.05, 4.69) is 15.5 Å². The number of anilines is 2. The second-order valence-corrected chi connectivity index (χ2v) is 12.6. The standard InChI is InChI=1S/C28H32N4O6S2/c1-37-23-10-7-21(8-11-23)25(31-13-15-38-16-14-31)19-29-27(33)28(34)30-22-9-6-20-4-2-12-32(24(20)18-22)40(35,36)26-5-3-17-39-26/h3,5-11,17-18,25H,2,4,12-16,19H2,1H3,(H,29,33)(H,30,34). The number of carbonyl (C=O) groups excluding carboxylic acids is 2. The number of rotatable bonds is 8. The molecule has 3 aromatic rings. The number of morpholine rings is 1. The van der Waals surface area contributed by atoms with E-state index in [-0.39, 0.29) is 16.8 Å². The van der Waals surface area contributed by atoms with Gasteiger partial charge in [0.05, 0.1) is 32.1 Å². The van der Waals surface area contributed by atoms with Crippen LogP contribution >= 0.6 is 11.3 Å². The van der Waals surface area contributed by atoms with Gasteiger partial charge >= 0.3 is 11.8 Å². The normalized spacial score (nSPS) is 16.6. The number of nitrogens with zero attached hydrogens (tertiary/aromatic N) is 2. The van der Waals surface area contributed by atoms with Gasteiger partial charge in [0.1, 0.15) is 9.96 Å². The highest BCUT2D eigenvalue weighted by Gasteiger charge is 2.30. The molecule has 1 aromatic heterocycles. The van der Waals surface area contributed by atoms with E-state index in [0.717, 1.165) is 23.3 Å². The van der Waals surface area contributed by atoms with Crippen molar-refractivity contribution in [3.63, 3.8) is 0 Å². The van der Waals surface area contributed by atoms with Crippen LogP contribution in [0.2, 0.25) is 0 Å². The van der Waals surface area contributed by atoms with E-state index in [1.54, 1.807) is 42.8 Å². The number of amides is 2. The first-order chi connectivity index (χ1) is 19.4. The van der Waals surface area contributed by atoms with Crippen molar-refractivity contribution in [2.75, 3.05) is 56.1 Å². The molecular weight excluding hydrogens is 552 g/mol. The average Bonchev–Trinajstić information content (AvgIpc) is 3.54. The molecule has 2 aliphatic heterocycles. The van der Waals surface area contributed by atoms with Crippen LogP contribution < -0.4 is 19.7 Å². The molecule has 1 atom stereocenters. The molecular formula is C28H32N4O6S2. The number of thiophene rings is 1. The maximum absolute atomic E-state index is 13.3. The third-order valence-electron chi connectivity index (χ3n) is 7.11. The summed E-state index contributed by atoms with van der Waals surface area (Å²) < 4.78 is 38.9. The largest absolute Gasteiger partial charge is 0.497 e. The summed E-state index contributed by atoms with van der Waals surface area (Å²) in [4.78, 5) is 27.9. The number of benzene rings is 2. The van der Waals surface area contributed by atoms with Gasteiger partial charge in [0.15, 0.2) is 0 Å². The lowest BCUT2D eigenvalue weighted by Gasteiger charge is -2.35. The monoisotopic (exact) mass is 584 g/mol. The highest BCUT2D eigenvalue weighted by atomic mass is 32.2. The van der Waals surface area contributed by atoms with E-state index in [4.69, 9.17) is 9.47 Å². The Morgan fingerprint density at radius 1 is 1.05 bits per heavy atom. The SMILES string of the molecule is COc1ccc(C(CNC(=O)C(=O)Nc2ccc3c(c2)N(S(=O)(=O)c2cccs2)CCC3)N2CCOCC2)cc1. The van der Waals surface area contributed by atoms with Crippen LogP contribution in [0.1, 0.15) is 23.6 Å². The Kier molecular flexibility index (Phi) is 8.69. The van der Waals surface area contributed by atoms with Gasteiger partial charge < -0.3 is 20.1 Å². The van der Waals surface area contributed by atoms with Crippen molar-refractivity contribution in [2.24, 2.45) is 0 Å². The molecule has 0 bridgehead atoms. The fourth-order valence-electron chi connectivity index (χ4n) is 5.02. The van der Waals surface area contributed by atoms with E-state index in [1.807, 2.05) is 24.3 Å². The summed E-state index contributed by atoms with van der Waals surface area (Å²) in [7, 11) is -2.11. The van der Waals surface area contributed by atoms with Crippen LogP contribution in [-0.4, -0.2) is 71.6 Å². The molecule has 2 aliphatic rings. The predicted molar refractivity (Wildman–Crippen MR) is 153 cm³/mol. The Bertz CT molecular complexity index is 1440. The first-order valence-electron chi connectivity index (χ1n) is 13.1. The second kappa shape index (κ2) is 12.4. The zero-order valence-electron chi connectivity index (χ0n) is 22.2. The number of fused-ring (bicyclic) bond motifs is 1. The quantitative estimate of drug-likeness (QED) is 0.391. The number of ether oxygens (including phenoxy) is 2. The Hall–Kier alpha value is -3.45. The van der Waals surface area contributed by atoms with Gasteiger partial charge in [0, 0.05) is 31.9 Å². The van der Waals surface area contributed by atoms with Crippen molar-refractivity contribution in [1.82, 2.24) is 10.2 Å². The fraction of sp³-hybridized carbons (Fsp3) is 0.357. The van der Waals surface area contributed by atoms with Gasteiger partial charge in [-0.05, 0) is 59.7 Å². The number of sulfonamides is 1. The second-order valence-electron chi connectivity index (χ2n) is 9.56. The smallest absolute Gasteiger partial charge is 0.313 e. The third kappa shape index (κ3) is 6.15. The van der Waals surface area contributed by atoms with Gasteiger partial charge in [0.25, 0.3) is 10.0 Å². The number of nitrogens with one attached hydrogen (secondary N) is 2. The summed E-state index contributed by atoms with van der Waals surface area (Å²) in [5, 5.41) is 7.14. The molecule has 5 rings (SSSR count). The van der Waals surface area contributed by atoms with Crippen molar-refractivity contribution in [2.45, 2.75) is 23.1 Å². The van der Waals surface area contributed by atoms with E-state index < -0.39 is 21.8 Å². The van der Waals surface area contributed by atoms with Crippen LogP contribution in [0.4, 0.5) is 11.4 Å². The predicted octanol–water partition coefficient (Wildman–Crippen LogP) is 3.03. The topological polar surface area (TPSA) is 117 Å². The Morgan fingerprint density at radius 3 is 2.52 bits per heavy atom. The van der Waals surface area contributed by atoms with Crippen molar-refractivity contribution in [1.29, 1.82) is 0 Å². The van der Waals surface area contributed by atoms with Crippen molar-refractivity contribution in [3.05, 3.63) is 71.1 Å². The number of aryl methyl sites for hydroxylation is 1. The summed E-state index contributed by atoms with van der Waals surface area (Å²) >= 11 is 1.17. The zero-order valence-corrected chi connectivity index (χ0v) is 23.8. The molecule has 0 saturated carbocycles. The van der Waals surface area contributed by atoms with Crippen LogP contribution in [0, 0.1) is 0 Å². The van der Waals surface area contributed by atoms with E-state index >= 15 is 0 Å². The lowest BCUT2D eigenvalue weighted by molar-refractivity contribution is -0.136. The molecule has 1 saturated heterocycles. The summed E-state index contributed by atoms with van der Waals surface area (Å²) in [5.41, 5.74) is 2.74. The molecule has 0 spiro atoms. The Balaban J connectivity index is 1.27. The minimum Gasteiger partial charge on any atom is -0.497 e. The number of carbonyl (C=O) groups is 2.